The molecule has 3 aromatic carbocycles. The second-order valence-electron chi connectivity index (χ2n) is 9.89. The number of aromatic nitrogens is 1. The van der Waals surface area contributed by atoms with Gasteiger partial charge >= 0.3 is 0 Å². The molecule has 4 aromatic rings. The van der Waals surface area contributed by atoms with Crippen molar-refractivity contribution >= 4 is 17.8 Å². The van der Waals surface area contributed by atoms with Crippen molar-refractivity contribution in [1.29, 1.82) is 0 Å². The largest absolute Gasteiger partial charge is 0.380 e. The number of benzene rings is 3. The van der Waals surface area contributed by atoms with E-state index in [4.69, 9.17) is 13.8 Å². The number of methoxy groups -OCH3 is 1. The highest BCUT2D eigenvalue weighted by atomic mass is 31.2. The molecule has 4 rings (SSSR count). The van der Waals surface area contributed by atoms with E-state index in [0.717, 1.165) is 11.3 Å². The van der Waals surface area contributed by atoms with E-state index >= 15 is 4.57 Å². The lowest BCUT2D eigenvalue weighted by Crippen LogP contribution is -2.20. The average molecular weight is 519 g/mol. The Morgan fingerprint density at radius 2 is 1.32 bits per heavy atom. The van der Waals surface area contributed by atoms with Crippen LogP contribution in [0.4, 0.5) is 4.39 Å². The maximum Gasteiger partial charge on any atom is 0.147 e. The number of hydrogen-bond donors (Lipinski definition) is 0. The summed E-state index contributed by atoms with van der Waals surface area (Å²) in [5, 5.41) is 1.43. The zero-order valence-electron chi connectivity index (χ0n) is 24.7. The third kappa shape index (κ3) is 5.61. The molecule has 192 valence electrons. The fourth-order valence-electron chi connectivity index (χ4n) is 4.89. The Labute approximate surface area is 224 Å². The second-order valence-corrected chi connectivity index (χ2v) is 12.7. The average Bonchev–Trinajstić information content (AvgIpc) is 2.92. The van der Waals surface area contributed by atoms with Crippen LogP contribution < -0.4 is 10.6 Å². The van der Waals surface area contributed by atoms with Gasteiger partial charge in [0.25, 0.3) is 0 Å². The molecule has 1 heterocycles. The van der Waals surface area contributed by atoms with Crippen molar-refractivity contribution in [1.82, 2.24) is 4.98 Å². The van der Waals surface area contributed by atoms with Crippen LogP contribution in [0.25, 0.3) is 11.1 Å². The van der Waals surface area contributed by atoms with Crippen LogP contribution in [-0.2, 0) is 22.1 Å². The molecule has 0 saturated heterocycles. The summed E-state index contributed by atoms with van der Waals surface area (Å²) in [6, 6.07) is 25.0. The molecule has 0 aliphatic carbocycles. The lowest BCUT2D eigenvalue weighted by Gasteiger charge is -2.28. The van der Waals surface area contributed by atoms with Crippen LogP contribution in [0.3, 0.4) is 0 Å². The number of nitrogens with zero attached hydrogens (tertiary/aromatic N) is 1. The Balaban J connectivity index is 2.09. The zero-order chi connectivity index (χ0) is 29.1. The number of halogens is 1. The predicted molar refractivity (Wildman–Crippen MR) is 152 cm³/mol. The van der Waals surface area contributed by atoms with Crippen molar-refractivity contribution in [3.05, 3.63) is 113 Å². The molecule has 0 saturated carbocycles. The van der Waals surface area contributed by atoms with Gasteiger partial charge in [0, 0.05) is 40.8 Å². The van der Waals surface area contributed by atoms with Crippen molar-refractivity contribution in [2.45, 2.75) is 52.3 Å². The lowest BCUT2D eigenvalue weighted by molar-refractivity contribution is 0.183. The first-order chi connectivity index (χ1) is 18.9. The van der Waals surface area contributed by atoms with E-state index < -0.39 is 14.2 Å². The number of ether oxygens (including phenoxy) is 1. The summed E-state index contributed by atoms with van der Waals surface area (Å²) in [7, 11) is -5.86. The van der Waals surface area contributed by atoms with Crippen molar-refractivity contribution in [2.24, 2.45) is 0 Å². The second kappa shape index (κ2) is 11.5. The minimum Gasteiger partial charge on any atom is -0.380 e. The third-order valence-electron chi connectivity index (χ3n) is 6.63. The van der Waals surface area contributed by atoms with Crippen LogP contribution in [0.5, 0.6) is 0 Å². The fraction of sp³-hybridized carbons (Fsp3) is 0.281. The van der Waals surface area contributed by atoms with Gasteiger partial charge in [0.1, 0.15) is 13.0 Å². The standard InChI is InChI=1S/C32H35FNO2P/c1-22(2)31-28(20-36-5)30(24-16-18-25(33)19-17-24)29(32(34-31)23(3)4)21-37(35,26-12-8-6-9-13-26)27-14-10-7-11-15-27/h6-19,22-23H,20-21H2,1-5H3/i5D3. The Hall–Kier alpha value is -3.07. The highest BCUT2D eigenvalue weighted by Crippen LogP contribution is 2.50. The van der Waals surface area contributed by atoms with Crippen molar-refractivity contribution in [3.8, 4) is 11.1 Å². The summed E-state index contributed by atoms with van der Waals surface area (Å²) < 4.78 is 57.8. The highest BCUT2D eigenvalue weighted by molar-refractivity contribution is 7.78. The van der Waals surface area contributed by atoms with E-state index in [9.17, 15) is 4.39 Å². The first kappa shape index (κ1) is 23.1. The van der Waals surface area contributed by atoms with Gasteiger partial charge in [-0.1, -0.05) is 100 Å². The number of hydrogen-bond acceptors (Lipinski definition) is 3. The summed E-state index contributed by atoms with van der Waals surface area (Å²) in [5.74, 6) is -0.452. The molecule has 0 aliphatic heterocycles. The van der Waals surface area contributed by atoms with Crippen LogP contribution in [0, 0.1) is 5.82 Å². The molecule has 1 aromatic heterocycles. The molecule has 0 N–H and O–H groups in total. The lowest BCUT2D eigenvalue weighted by atomic mass is 9.88. The molecule has 0 spiro atoms. The van der Waals surface area contributed by atoms with Gasteiger partial charge in [-0.15, -0.1) is 0 Å². The molecule has 0 aliphatic rings. The minimum atomic E-state index is -3.25. The predicted octanol–water partition coefficient (Wildman–Crippen LogP) is 7.80. The van der Waals surface area contributed by atoms with Crippen LogP contribution in [-0.4, -0.2) is 12.0 Å². The molecule has 0 radical (unpaired) electrons. The van der Waals surface area contributed by atoms with E-state index in [1.807, 2.05) is 88.4 Å². The van der Waals surface area contributed by atoms with Crippen molar-refractivity contribution in [2.75, 3.05) is 7.04 Å². The molecular weight excluding hydrogens is 480 g/mol. The molecule has 37 heavy (non-hydrogen) atoms. The van der Waals surface area contributed by atoms with Gasteiger partial charge in [-0.05, 0) is 40.7 Å². The smallest absolute Gasteiger partial charge is 0.147 e. The fourth-order valence-corrected chi connectivity index (χ4v) is 7.63. The summed E-state index contributed by atoms with van der Waals surface area (Å²) in [6.07, 6.45) is 0.160. The number of rotatable bonds is 9. The summed E-state index contributed by atoms with van der Waals surface area (Å²) in [6.45, 7) is 7.87. The normalized spacial score (nSPS) is 13.4. The van der Waals surface area contributed by atoms with Crippen LogP contribution in [0.2, 0.25) is 0 Å². The first-order valence-electron chi connectivity index (χ1n) is 14.1. The molecule has 0 amide bonds. The van der Waals surface area contributed by atoms with Gasteiger partial charge in [-0.2, -0.15) is 0 Å². The molecule has 0 fully saturated rings. The van der Waals surface area contributed by atoms with Gasteiger partial charge in [0.2, 0.25) is 0 Å². The van der Waals surface area contributed by atoms with E-state index in [1.165, 1.54) is 12.1 Å². The Morgan fingerprint density at radius 1 is 0.811 bits per heavy atom. The van der Waals surface area contributed by atoms with Crippen LogP contribution >= 0.6 is 7.14 Å². The maximum atomic E-state index is 15.2. The summed E-state index contributed by atoms with van der Waals surface area (Å²) in [4.78, 5) is 5.09. The molecule has 3 nitrogen and oxygen atoms in total. The maximum absolute atomic E-state index is 15.2. The highest BCUT2D eigenvalue weighted by Gasteiger charge is 2.33. The Kier molecular flexibility index (Phi) is 7.20. The topological polar surface area (TPSA) is 39.2 Å². The molecule has 5 heteroatoms. The number of pyridine rings is 1. The molecular formula is C32H35FNO2P. The monoisotopic (exact) mass is 518 g/mol. The quantitative estimate of drug-likeness (QED) is 0.212. The molecule has 0 bridgehead atoms. The van der Waals surface area contributed by atoms with Gasteiger partial charge in [0.15, 0.2) is 0 Å². The van der Waals surface area contributed by atoms with Gasteiger partial charge in [-0.25, -0.2) is 4.39 Å². The van der Waals surface area contributed by atoms with Gasteiger partial charge < -0.3 is 9.30 Å². The van der Waals surface area contributed by atoms with Crippen LogP contribution in [0.1, 0.15) is 66.2 Å². The van der Waals surface area contributed by atoms with Crippen LogP contribution in [0.15, 0.2) is 84.9 Å². The Bertz CT molecular complexity index is 1450. The van der Waals surface area contributed by atoms with Gasteiger partial charge in [-0.3, -0.25) is 4.98 Å². The molecule has 0 atom stereocenters. The van der Waals surface area contributed by atoms with E-state index in [-0.39, 0.29) is 30.4 Å². The Morgan fingerprint density at radius 3 is 1.81 bits per heavy atom. The third-order valence-corrected chi connectivity index (χ3v) is 9.66. The SMILES string of the molecule is [2H]C([2H])([2H])OCc1c(C(C)C)nc(C(C)C)c(CP(=O)(c2ccccc2)c2ccccc2)c1-c1ccc(F)cc1. The van der Waals surface area contributed by atoms with Crippen molar-refractivity contribution < 1.29 is 17.8 Å². The zero-order valence-corrected chi connectivity index (χ0v) is 22.6. The molecule has 0 unspecified atom stereocenters. The van der Waals surface area contributed by atoms with E-state index in [1.54, 1.807) is 12.1 Å². The summed E-state index contributed by atoms with van der Waals surface area (Å²) >= 11 is 0. The summed E-state index contributed by atoms with van der Waals surface area (Å²) in [5.41, 5.74) is 4.27. The minimum absolute atomic E-state index is 0.0238. The first-order valence-corrected chi connectivity index (χ1v) is 14.5. The van der Waals surface area contributed by atoms with E-state index in [0.29, 0.717) is 33.0 Å². The van der Waals surface area contributed by atoms with Gasteiger partial charge in [0.05, 0.1) is 10.7 Å². The van der Waals surface area contributed by atoms with Crippen molar-refractivity contribution in [3.63, 3.8) is 0 Å². The van der Waals surface area contributed by atoms with E-state index in [2.05, 4.69) is 0 Å².